The molecule has 0 bridgehead atoms. The quantitative estimate of drug-likeness (QED) is 0.792. The summed E-state index contributed by atoms with van der Waals surface area (Å²) in [6.07, 6.45) is 8.55. The van der Waals surface area contributed by atoms with E-state index in [9.17, 15) is 9.18 Å². The predicted octanol–water partition coefficient (Wildman–Crippen LogP) is 2.11. The number of aliphatic imine (C=N–C) groups is 1. The van der Waals surface area contributed by atoms with E-state index in [4.69, 9.17) is 0 Å². The number of hydrogen-bond acceptors (Lipinski definition) is 7. The van der Waals surface area contributed by atoms with Gasteiger partial charge in [-0.15, -0.1) is 0 Å². The summed E-state index contributed by atoms with van der Waals surface area (Å²) >= 11 is 0. The van der Waals surface area contributed by atoms with Crippen LogP contribution in [0.5, 0.6) is 0 Å². The summed E-state index contributed by atoms with van der Waals surface area (Å²) in [5, 5.41) is 12.8. The molecule has 2 aromatic rings. The number of amides is 2. The van der Waals surface area contributed by atoms with E-state index in [0.717, 1.165) is 11.4 Å². The summed E-state index contributed by atoms with van der Waals surface area (Å²) in [5.74, 6) is 0.242. The molecule has 5 rings (SSSR count). The number of nitrogens with one attached hydrogen (secondary N) is 1. The number of carbonyl (C=O) groups excluding carboxylic acids is 1. The number of urea groups is 1. The lowest BCUT2D eigenvalue weighted by molar-refractivity contribution is 0.108. The minimum Gasteiger partial charge on any atom is -0.337 e. The molecule has 0 aliphatic carbocycles. The summed E-state index contributed by atoms with van der Waals surface area (Å²) in [6, 6.07) is 3.25. The Hall–Kier alpha value is -3.63. The minimum atomic E-state index is -0.590. The highest BCUT2D eigenvalue weighted by Gasteiger charge is 2.43. The molecule has 32 heavy (non-hydrogen) atoms. The predicted molar refractivity (Wildman–Crippen MR) is 118 cm³/mol. The van der Waals surface area contributed by atoms with Gasteiger partial charge in [-0.1, -0.05) is 6.92 Å². The van der Waals surface area contributed by atoms with Gasteiger partial charge in [-0.25, -0.2) is 24.2 Å². The number of allylic oxidation sites excluding steroid dienone is 1. The van der Waals surface area contributed by atoms with Gasteiger partial charge in [0.25, 0.3) is 0 Å². The lowest BCUT2D eigenvalue weighted by atomic mass is 9.79. The Morgan fingerprint density at radius 1 is 1.22 bits per heavy atom. The van der Waals surface area contributed by atoms with E-state index in [1.807, 2.05) is 19.1 Å². The second-order valence-corrected chi connectivity index (χ2v) is 8.36. The number of aromatic amines is 1. The number of dihydropyridines is 1. The number of nitrogens with zero attached hydrogens (tertiary/aromatic N) is 8. The number of halogens is 1. The van der Waals surface area contributed by atoms with Crippen LogP contribution in [0.4, 0.5) is 15.1 Å². The maximum Gasteiger partial charge on any atom is 0.340 e. The molecule has 10 nitrogen and oxygen atoms in total. The molecule has 0 spiro atoms. The molecule has 5 heterocycles. The van der Waals surface area contributed by atoms with Crippen molar-refractivity contribution in [3.8, 4) is 11.4 Å². The Morgan fingerprint density at radius 2 is 2.06 bits per heavy atom. The van der Waals surface area contributed by atoms with Crippen molar-refractivity contribution < 1.29 is 9.18 Å². The van der Waals surface area contributed by atoms with E-state index >= 15 is 0 Å². The van der Waals surface area contributed by atoms with Crippen molar-refractivity contribution in [2.75, 3.05) is 37.6 Å². The number of aromatic nitrogens is 4. The minimum absolute atomic E-state index is 0.167. The fourth-order valence-electron chi connectivity index (χ4n) is 4.36. The average Bonchev–Trinajstić information content (AvgIpc) is 3.51. The topological polar surface area (TPSA) is 106 Å². The first kappa shape index (κ1) is 20.3. The molecule has 2 atom stereocenters. The number of piperazine rings is 1. The molecule has 166 valence electrons. The zero-order valence-electron chi connectivity index (χ0n) is 17.7. The number of hydrazone groups is 1. The Morgan fingerprint density at radius 3 is 2.81 bits per heavy atom. The van der Waals surface area contributed by atoms with Crippen LogP contribution in [-0.4, -0.2) is 87.3 Å². The van der Waals surface area contributed by atoms with Crippen LogP contribution in [-0.2, 0) is 0 Å². The second kappa shape index (κ2) is 8.13. The lowest BCUT2D eigenvalue weighted by Crippen LogP contribution is -2.55. The van der Waals surface area contributed by atoms with Crippen molar-refractivity contribution in [2.45, 2.75) is 19.4 Å². The Labute approximate surface area is 184 Å². The molecule has 2 amide bonds. The van der Waals surface area contributed by atoms with Gasteiger partial charge in [0.1, 0.15) is 11.5 Å². The van der Waals surface area contributed by atoms with Crippen molar-refractivity contribution in [3.05, 3.63) is 36.4 Å². The van der Waals surface area contributed by atoms with Crippen LogP contribution < -0.4 is 4.90 Å². The van der Waals surface area contributed by atoms with Crippen molar-refractivity contribution in [1.29, 1.82) is 0 Å². The molecule has 1 saturated heterocycles. The largest absolute Gasteiger partial charge is 0.340 e. The number of carbonyl (C=O) groups is 1. The van der Waals surface area contributed by atoms with E-state index in [1.54, 1.807) is 29.6 Å². The van der Waals surface area contributed by atoms with Crippen molar-refractivity contribution in [1.82, 2.24) is 30.1 Å². The molecule has 11 heteroatoms. The highest BCUT2D eigenvalue weighted by Crippen LogP contribution is 2.36. The molecule has 2 aromatic heterocycles. The van der Waals surface area contributed by atoms with E-state index in [0.29, 0.717) is 45.1 Å². The maximum absolute atomic E-state index is 13.9. The standard InChI is InChI=1S/C21H24FN9O/c1-21(12-15(22)13-23-14-21)18-4-7-26-31(18)20(32)30-10-8-29(9-11-30)19-24-5-2-16(27-19)17-3-6-25-28-17/h2-3,5-7,12-13,18H,4,8-11,14H2,1H3,(H,25,28)/t18-,21?/m0/s1. The molecule has 1 fully saturated rings. The number of rotatable bonds is 3. The highest BCUT2D eigenvalue weighted by molar-refractivity contribution is 5.80. The number of hydrogen-bond donors (Lipinski definition) is 1. The zero-order valence-corrected chi connectivity index (χ0v) is 17.7. The lowest BCUT2D eigenvalue weighted by Gasteiger charge is -2.40. The Bertz CT molecular complexity index is 1070. The normalized spacial score (nSPS) is 25.4. The average molecular weight is 437 g/mol. The third-order valence-electron chi connectivity index (χ3n) is 6.14. The smallest absolute Gasteiger partial charge is 0.337 e. The monoisotopic (exact) mass is 437 g/mol. The molecule has 0 aromatic carbocycles. The van der Waals surface area contributed by atoms with E-state index in [1.165, 1.54) is 11.2 Å². The molecule has 0 radical (unpaired) electrons. The Kier molecular flexibility index (Phi) is 5.16. The van der Waals surface area contributed by atoms with Gasteiger partial charge in [0.15, 0.2) is 0 Å². The van der Waals surface area contributed by atoms with Crippen LogP contribution >= 0.6 is 0 Å². The van der Waals surface area contributed by atoms with Gasteiger partial charge in [-0.3, -0.25) is 10.1 Å². The summed E-state index contributed by atoms with van der Waals surface area (Å²) < 4.78 is 13.9. The van der Waals surface area contributed by atoms with Gasteiger partial charge >= 0.3 is 6.03 Å². The zero-order chi connectivity index (χ0) is 22.1. The molecule has 1 unspecified atom stereocenters. The van der Waals surface area contributed by atoms with Crippen LogP contribution in [0.25, 0.3) is 11.4 Å². The molecule has 3 aliphatic rings. The third kappa shape index (κ3) is 3.74. The van der Waals surface area contributed by atoms with Gasteiger partial charge in [-0.2, -0.15) is 10.2 Å². The van der Waals surface area contributed by atoms with Gasteiger partial charge in [-0.05, 0) is 18.2 Å². The molecular formula is C21H24FN9O. The first-order valence-electron chi connectivity index (χ1n) is 10.6. The second-order valence-electron chi connectivity index (χ2n) is 8.36. The molecule has 3 aliphatic heterocycles. The first-order valence-corrected chi connectivity index (χ1v) is 10.6. The van der Waals surface area contributed by atoms with Gasteiger partial charge in [0, 0.05) is 56.6 Å². The fourth-order valence-corrected chi connectivity index (χ4v) is 4.36. The molecule has 0 saturated carbocycles. The summed E-state index contributed by atoms with van der Waals surface area (Å²) in [4.78, 5) is 30.2. The van der Waals surface area contributed by atoms with Gasteiger partial charge in [0.2, 0.25) is 5.95 Å². The van der Waals surface area contributed by atoms with Crippen molar-refractivity contribution in [2.24, 2.45) is 15.5 Å². The van der Waals surface area contributed by atoms with Gasteiger partial charge in [0.05, 0.1) is 24.5 Å². The summed E-state index contributed by atoms with van der Waals surface area (Å²) in [5.41, 5.74) is 0.909. The summed E-state index contributed by atoms with van der Waals surface area (Å²) in [7, 11) is 0. The summed E-state index contributed by atoms with van der Waals surface area (Å²) in [6.45, 7) is 4.60. The van der Waals surface area contributed by atoms with Crippen molar-refractivity contribution >= 4 is 24.4 Å². The number of anilines is 1. The maximum atomic E-state index is 13.9. The van der Waals surface area contributed by atoms with Crippen LogP contribution in [0, 0.1) is 5.41 Å². The van der Waals surface area contributed by atoms with Crippen LogP contribution in [0.2, 0.25) is 0 Å². The van der Waals surface area contributed by atoms with Crippen LogP contribution in [0.3, 0.4) is 0 Å². The van der Waals surface area contributed by atoms with Crippen molar-refractivity contribution in [3.63, 3.8) is 0 Å². The first-order chi connectivity index (χ1) is 15.5. The van der Waals surface area contributed by atoms with E-state index < -0.39 is 5.41 Å². The Balaban J connectivity index is 1.25. The number of H-pyrrole nitrogens is 1. The highest BCUT2D eigenvalue weighted by atomic mass is 19.1. The SMILES string of the molecule is CC1([C@@H]2CC=NN2C(=O)N2CCN(c3nccc(-c4cc[nH]n4)n3)CC2)C=C(F)C=NC1. The molecule has 1 N–H and O–H groups in total. The van der Waals surface area contributed by atoms with Gasteiger partial charge < -0.3 is 9.80 Å². The van der Waals surface area contributed by atoms with E-state index in [-0.39, 0.29) is 17.9 Å². The van der Waals surface area contributed by atoms with E-state index in [2.05, 4.69) is 35.2 Å². The fraction of sp³-hybridized carbons (Fsp3) is 0.429. The van der Waals surface area contributed by atoms with Crippen LogP contribution in [0.15, 0.2) is 46.5 Å². The van der Waals surface area contributed by atoms with Crippen LogP contribution in [0.1, 0.15) is 13.3 Å². The molecular weight excluding hydrogens is 413 g/mol. The third-order valence-corrected chi connectivity index (χ3v) is 6.14.